The number of hydrogen-bond donors (Lipinski definition) is 0. The molecule has 1 aromatic carbocycles. The zero-order valence-electron chi connectivity index (χ0n) is 17.0. The minimum absolute atomic E-state index is 0.701. The van der Waals surface area contributed by atoms with Crippen molar-refractivity contribution < 1.29 is 0 Å². The summed E-state index contributed by atoms with van der Waals surface area (Å²) < 4.78 is 0. The Bertz CT molecular complexity index is 569. The monoisotopic (exact) mass is 350 g/mol. The van der Waals surface area contributed by atoms with Crippen LogP contribution in [0, 0.1) is 17.8 Å². The maximum atomic E-state index is 2.55. The molecule has 1 aromatic rings. The van der Waals surface area contributed by atoms with Crippen LogP contribution in [0.1, 0.15) is 88.7 Å². The third-order valence-electron chi connectivity index (χ3n) is 6.55. The molecule has 0 N–H and O–H groups in total. The van der Waals surface area contributed by atoms with Gasteiger partial charge in [0.2, 0.25) is 0 Å². The summed E-state index contributed by atoms with van der Waals surface area (Å²) in [5, 5.41) is 0. The van der Waals surface area contributed by atoms with Gasteiger partial charge < -0.3 is 0 Å². The van der Waals surface area contributed by atoms with E-state index in [1.165, 1.54) is 69.8 Å². The fourth-order valence-corrected chi connectivity index (χ4v) is 4.86. The van der Waals surface area contributed by atoms with Crippen molar-refractivity contribution in [2.24, 2.45) is 17.8 Å². The van der Waals surface area contributed by atoms with E-state index in [2.05, 4.69) is 62.4 Å². The summed E-state index contributed by atoms with van der Waals surface area (Å²) in [6, 6.07) is 9.49. The third kappa shape index (κ3) is 5.60. The van der Waals surface area contributed by atoms with Gasteiger partial charge in [0.25, 0.3) is 0 Å². The molecule has 3 rings (SSSR count). The highest BCUT2D eigenvalue weighted by molar-refractivity contribution is 5.26. The Morgan fingerprint density at radius 3 is 2.19 bits per heavy atom. The summed E-state index contributed by atoms with van der Waals surface area (Å²) in [4.78, 5) is 0. The lowest BCUT2D eigenvalue weighted by molar-refractivity contribution is 0.374. The van der Waals surface area contributed by atoms with Crippen molar-refractivity contribution in [2.45, 2.75) is 84.0 Å². The molecule has 0 spiro atoms. The van der Waals surface area contributed by atoms with Gasteiger partial charge in [-0.2, -0.15) is 0 Å². The standard InChI is InChI=1S/C26H38/c1-3-5-21-7-9-23(10-8-21)11-12-24-15-19-26(20-16-24)25-17-13-22(6-4-2)14-18-25/h7,9,11-14,17-18,21,23-24,26H,3-6,8,10,15-16,19-20H2,1-2H3/b12-11+. The SMILES string of the molecule is CCCc1ccc(C2CCC(/C=C/C3C=CC(CCC)CC3)CC2)cc1. The van der Waals surface area contributed by atoms with Gasteiger partial charge in [-0.3, -0.25) is 0 Å². The second-order valence-electron chi connectivity index (χ2n) is 8.66. The number of hydrogen-bond acceptors (Lipinski definition) is 0. The van der Waals surface area contributed by atoms with E-state index in [0.717, 1.165) is 17.8 Å². The van der Waals surface area contributed by atoms with Crippen LogP contribution in [0.4, 0.5) is 0 Å². The van der Waals surface area contributed by atoms with Crippen molar-refractivity contribution in [2.75, 3.05) is 0 Å². The summed E-state index contributed by atoms with van der Waals surface area (Å²) in [6.07, 6.45) is 23.4. The van der Waals surface area contributed by atoms with Crippen molar-refractivity contribution in [3.8, 4) is 0 Å². The smallest absolute Gasteiger partial charge is 0.00531 e. The fourth-order valence-electron chi connectivity index (χ4n) is 4.86. The summed E-state index contributed by atoms with van der Waals surface area (Å²) in [7, 11) is 0. The van der Waals surface area contributed by atoms with Gasteiger partial charge in [-0.05, 0) is 86.2 Å². The molecule has 0 heteroatoms. The quantitative estimate of drug-likeness (QED) is 0.439. The maximum Gasteiger partial charge on any atom is -0.00531 e. The first-order valence-electron chi connectivity index (χ1n) is 11.2. The van der Waals surface area contributed by atoms with E-state index >= 15 is 0 Å². The lowest BCUT2D eigenvalue weighted by Crippen LogP contribution is -2.12. The number of allylic oxidation sites excluding steroid dienone is 4. The van der Waals surface area contributed by atoms with Gasteiger partial charge in [0, 0.05) is 0 Å². The van der Waals surface area contributed by atoms with Crippen LogP contribution in [0.2, 0.25) is 0 Å². The van der Waals surface area contributed by atoms with Crippen LogP contribution in [-0.2, 0) is 6.42 Å². The molecule has 0 heterocycles. The average Bonchev–Trinajstić information content (AvgIpc) is 2.69. The largest absolute Gasteiger partial charge is 0.0848 e. The normalized spacial score (nSPS) is 29.3. The summed E-state index contributed by atoms with van der Waals surface area (Å²) in [5.74, 6) is 3.16. The molecule has 2 aliphatic rings. The Morgan fingerprint density at radius 2 is 1.58 bits per heavy atom. The van der Waals surface area contributed by atoms with Crippen LogP contribution in [0.3, 0.4) is 0 Å². The Hall–Kier alpha value is -1.30. The van der Waals surface area contributed by atoms with Crippen molar-refractivity contribution in [1.82, 2.24) is 0 Å². The first-order valence-corrected chi connectivity index (χ1v) is 11.2. The number of aryl methyl sites for hydroxylation is 1. The molecule has 0 aromatic heterocycles. The molecule has 0 nitrogen and oxygen atoms in total. The van der Waals surface area contributed by atoms with Crippen LogP contribution >= 0.6 is 0 Å². The van der Waals surface area contributed by atoms with Gasteiger partial charge in [0.1, 0.15) is 0 Å². The van der Waals surface area contributed by atoms with Gasteiger partial charge in [0.15, 0.2) is 0 Å². The van der Waals surface area contributed by atoms with Crippen molar-refractivity contribution in [3.05, 3.63) is 59.7 Å². The van der Waals surface area contributed by atoms with Crippen LogP contribution in [0.25, 0.3) is 0 Å². The molecule has 0 aliphatic heterocycles. The van der Waals surface area contributed by atoms with Crippen molar-refractivity contribution in [3.63, 3.8) is 0 Å². The van der Waals surface area contributed by atoms with Gasteiger partial charge in [-0.1, -0.05) is 75.3 Å². The molecule has 142 valence electrons. The van der Waals surface area contributed by atoms with E-state index in [1.54, 1.807) is 5.56 Å². The minimum atomic E-state index is 0.701. The Morgan fingerprint density at radius 1 is 0.808 bits per heavy atom. The van der Waals surface area contributed by atoms with Crippen LogP contribution < -0.4 is 0 Å². The molecule has 1 fully saturated rings. The molecule has 0 amide bonds. The highest BCUT2D eigenvalue weighted by Crippen LogP contribution is 2.37. The zero-order chi connectivity index (χ0) is 18.2. The van der Waals surface area contributed by atoms with E-state index in [-0.39, 0.29) is 0 Å². The molecule has 0 saturated heterocycles. The van der Waals surface area contributed by atoms with Gasteiger partial charge in [-0.15, -0.1) is 0 Å². The predicted octanol–water partition coefficient (Wildman–Crippen LogP) is 7.85. The van der Waals surface area contributed by atoms with Gasteiger partial charge >= 0.3 is 0 Å². The second-order valence-corrected chi connectivity index (χ2v) is 8.66. The van der Waals surface area contributed by atoms with Gasteiger partial charge in [0.05, 0.1) is 0 Å². The first kappa shape index (κ1) is 19.5. The summed E-state index contributed by atoms with van der Waals surface area (Å²) >= 11 is 0. The van der Waals surface area contributed by atoms with Crippen molar-refractivity contribution >= 4 is 0 Å². The van der Waals surface area contributed by atoms with Gasteiger partial charge in [-0.25, -0.2) is 0 Å². The van der Waals surface area contributed by atoms with Crippen LogP contribution in [0.15, 0.2) is 48.6 Å². The molecule has 2 aliphatic carbocycles. The highest BCUT2D eigenvalue weighted by atomic mass is 14.3. The van der Waals surface area contributed by atoms with E-state index in [0.29, 0.717) is 5.92 Å². The molecular weight excluding hydrogens is 312 g/mol. The molecule has 2 atom stereocenters. The Balaban J connectivity index is 1.44. The van der Waals surface area contributed by atoms with Crippen LogP contribution in [0.5, 0.6) is 0 Å². The van der Waals surface area contributed by atoms with E-state index < -0.39 is 0 Å². The number of benzene rings is 1. The van der Waals surface area contributed by atoms with E-state index in [9.17, 15) is 0 Å². The first-order chi connectivity index (χ1) is 12.8. The summed E-state index contributed by atoms with van der Waals surface area (Å²) in [5.41, 5.74) is 3.07. The lowest BCUT2D eigenvalue weighted by atomic mass is 9.78. The number of rotatable bonds is 7. The molecule has 2 unspecified atom stereocenters. The third-order valence-corrected chi connectivity index (χ3v) is 6.55. The van der Waals surface area contributed by atoms with Crippen molar-refractivity contribution in [1.29, 1.82) is 0 Å². The predicted molar refractivity (Wildman–Crippen MR) is 115 cm³/mol. The average molecular weight is 351 g/mol. The Labute approximate surface area is 161 Å². The molecule has 0 radical (unpaired) electrons. The summed E-state index contributed by atoms with van der Waals surface area (Å²) in [6.45, 7) is 4.56. The minimum Gasteiger partial charge on any atom is -0.0848 e. The lowest BCUT2D eigenvalue weighted by Gasteiger charge is -2.28. The molecule has 26 heavy (non-hydrogen) atoms. The highest BCUT2D eigenvalue weighted by Gasteiger charge is 2.21. The Kier molecular flexibility index (Phi) is 7.59. The zero-order valence-corrected chi connectivity index (χ0v) is 17.0. The fraction of sp³-hybridized carbons (Fsp3) is 0.615. The molecule has 1 saturated carbocycles. The van der Waals surface area contributed by atoms with Crippen LogP contribution in [-0.4, -0.2) is 0 Å². The van der Waals surface area contributed by atoms with E-state index in [4.69, 9.17) is 0 Å². The van der Waals surface area contributed by atoms with E-state index in [1.807, 2.05) is 0 Å². The topological polar surface area (TPSA) is 0 Å². The molecule has 0 bridgehead atoms. The molecular formula is C26H38. The maximum absolute atomic E-state index is 2.55. The second kappa shape index (κ2) is 10.1.